The number of hydrogen-bond donors (Lipinski definition) is 0. The first-order valence-corrected chi connectivity index (χ1v) is 8.23. The maximum absolute atomic E-state index is 5.64. The fraction of sp³-hybridized carbons (Fsp3) is 0.471. The number of nitrogens with zero attached hydrogens (tertiary/aromatic N) is 5. The van der Waals surface area contributed by atoms with E-state index in [9.17, 15) is 0 Å². The normalized spacial score (nSPS) is 22.8. The smallest absolute Gasteiger partial charge is 0.145 e. The highest BCUT2D eigenvalue weighted by atomic mass is 16.6. The lowest BCUT2D eigenvalue weighted by molar-refractivity contribution is 0.0426. The van der Waals surface area contributed by atoms with Gasteiger partial charge in [0.15, 0.2) is 0 Å². The minimum atomic E-state index is 0.177. The molecule has 1 saturated heterocycles. The summed E-state index contributed by atoms with van der Waals surface area (Å²) in [5.41, 5.74) is 2.23. The van der Waals surface area contributed by atoms with E-state index < -0.39 is 0 Å². The van der Waals surface area contributed by atoms with Crippen LogP contribution < -0.4 is 0 Å². The Morgan fingerprint density at radius 2 is 1.78 bits per heavy atom. The maximum Gasteiger partial charge on any atom is 0.145 e. The lowest BCUT2D eigenvalue weighted by Crippen LogP contribution is -2.39. The third-order valence-electron chi connectivity index (χ3n) is 4.72. The molecule has 0 amide bonds. The van der Waals surface area contributed by atoms with Crippen LogP contribution in [-0.2, 0) is 4.84 Å². The molecule has 6 heteroatoms. The van der Waals surface area contributed by atoms with Crippen molar-refractivity contribution in [1.29, 1.82) is 0 Å². The molecule has 2 aliphatic rings. The van der Waals surface area contributed by atoms with Crippen LogP contribution in [0.5, 0.6) is 0 Å². The van der Waals surface area contributed by atoms with Crippen molar-refractivity contribution in [2.75, 3.05) is 19.6 Å². The molecule has 6 nitrogen and oxygen atoms in total. The Morgan fingerprint density at radius 3 is 2.52 bits per heavy atom. The molecule has 23 heavy (non-hydrogen) atoms. The summed E-state index contributed by atoms with van der Waals surface area (Å²) in [6.45, 7) is 3.13. The molecule has 1 aromatic carbocycles. The van der Waals surface area contributed by atoms with Crippen LogP contribution in [0.3, 0.4) is 0 Å². The van der Waals surface area contributed by atoms with Gasteiger partial charge in [0, 0.05) is 32.1 Å². The number of piperidine rings is 1. The van der Waals surface area contributed by atoms with Gasteiger partial charge in [-0.15, -0.1) is 10.2 Å². The van der Waals surface area contributed by atoms with Gasteiger partial charge in [-0.1, -0.05) is 35.5 Å². The van der Waals surface area contributed by atoms with Gasteiger partial charge in [-0.3, -0.25) is 4.90 Å². The zero-order chi connectivity index (χ0) is 15.5. The Hall–Kier alpha value is -2.21. The third kappa shape index (κ3) is 3.27. The van der Waals surface area contributed by atoms with Gasteiger partial charge in [-0.2, -0.15) is 0 Å². The van der Waals surface area contributed by atoms with Crippen LogP contribution in [0.4, 0.5) is 0 Å². The molecule has 120 valence electrons. The zero-order valence-corrected chi connectivity index (χ0v) is 13.1. The van der Waals surface area contributed by atoms with E-state index in [1.54, 1.807) is 0 Å². The van der Waals surface area contributed by atoms with Gasteiger partial charge < -0.3 is 9.40 Å². The summed E-state index contributed by atoms with van der Waals surface area (Å²) in [6, 6.07) is 10.8. The molecule has 1 aromatic heterocycles. The molecular formula is C17H21N5O. The Bertz CT molecular complexity index is 647. The van der Waals surface area contributed by atoms with Gasteiger partial charge in [0.1, 0.15) is 18.8 Å². The first-order valence-electron chi connectivity index (χ1n) is 8.23. The predicted octanol–water partition coefficient (Wildman–Crippen LogP) is 2.11. The summed E-state index contributed by atoms with van der Waals surface area (Å²) in [4.78, 5) is 8.12. The minimum absolute atomic E-state index is 0.177. The van der Waals surface area contributed by atoms with Crippen LogP contribution in [0.1, 0.15) is 30.9 Å². The van der Waals surface area contributed by atoms with Crippen molar-refractivity contribution >= 4 is 5.71 Å². The summed E-state index contributed by atoms with van der Waals surface area (Å²) in [7, 11) is 0. The van der Waals surface area contributed by atoms with Crippen LogP contribution in [0.25, 0.3) is 0 Å². The number of benzene rings is 1. The summed E-state index contributed by atoms with van der Waals surface area (Å²) in [6.07, 6.45) is 6.99. The monoisotopic (exact) mass is 311 g/mol. The van der Waals surface area contributed by atoms with Crippen molar-refractivity contribution in [3.05, 3.63) is 48.5 Å². The van der Waals surface area contributed by atoms with Gasteiger partial charge >= 0.3 is 0 Å². The Balaban J connectivity index is 1.27. The molecule has 0 radical (unpaired) electrons. The first kappa shape index (κ1) is 14.4. The Labute approximate surface area is 135 Å². The van der Waals surface area contributed by atoms with E-state index >= 15 is 0 Å². The highest BCUT2D eigenvalue weighted by molar-refractivity contribution is 6.01. The molecule has 0 saturated carbocycles. The van der Waals surface area contributed by atoms with Crippen molar-refractivity contribution < 1.29 is 4.84 Å². The van der Waals surface area contributed by atoms with Crippen molar-refractivity contribution in [3.63, 3.8) is 0 Å². The summed E-state index contributed by atoms with van der Waals surface area (Å²) >= 11 is 0. The number of likely N-dealkylation sites (tertiary alicyclic amines) is 1. The summed E-state index contributed by atoms with van der Waals surface area (Å²) < 4.78 is 2.13. The van der Waals surface area contributed by atoms with E-state index in [0.717, 1.165) is 44.6 Å². The van der Waals surface area contributed by atoms with E-state index in [1.807, 2.05) is 30.9 Å². The van der Waals surface area contributed by atoms with Crippen LogP contribution in [0.2, 0.25) is 0 Å². The molecule has 3 heterocycles. The van der Waals surface area contributed by atoms with Crippen LogP contribution in [0.15, 0.2) is 48.1 Å². The molecule has 2 aromatic rings. The minimum Gasteiger partial charge on any atom is -0.390 e. The molecule has 0 spiro atoms. The highest BCUT2D eigenvalue weighted by Crippen LogP contribution is 2.24. The van der Waals surface area contributed by atoms with E-state index in [-0.39, 0.29) is 6.10 Å². The largest absolute Gasteiger partial charge is 0.390 e. The number of oxime groups is 1. The molecule has 1 fully saturated rings. The van der Waals surface area contributed by atoms with Gasteiger partial charge in [-0.25, -0.2) is 0 Å². The standard InChI is InChI=1S/C17H21N5O/c1-2-4-14(5-3-1)17-10-16(23-20-17)11-21-8-6-15(7-9-21)22-12-18-19-13-22/h1-5,12-13,15-16H,6-11H2. The number of hydrogen-bond acceptors (Lipinski definition) is 5. The van der Waals surface area contributed by atoms with Gasteiger partial charge in [-0.05, 0) is 18.4 Å². The molecule has 0 N–H and O–H groups in total. The van der Waals surface area contributed by atoms with Gasteiger partial charge in [0.05, 0.1) is 5.71 Å². The van der Waals surface area contributed by atoms with Crippen LogP contribution in [-0.4, -0.2) is 51.1 Å². The molecule has 1 atom stereocenters. The van der Waals surface area contributed by atoms with Gasteiger partial charge in [0.25, 0.3) is 0 Å². The van der Waals surface area contributed by atoms with E-state index in [4.69, 9.17) is 4.84 Å². The fourth-order valence-corrected chi connectivity index (χ4v) is 3.41. The lowest BCUT2D eigenvalue weighted by atomic mass is 10.0. The molecule has 1 unspecified atom stereocenters. The fourth-order valence-electron chi connectivity index (χ4n) is 3.41. The molecule has 4 rings (SSSR count). The topological polar surface area (TPSA) is 55.5 Å². The van der Waals surface area contributed by atoms with Crippen molar-refractivity contribution in [2.24, 2.45) is 5.16 Å². The van der Waals surface area contributed by atoms with Crippen LogP contribution >= 0.6 is 0 Å². The predicted molar refractivity (Wildman–Crippen MR) is 87.2 cm³/mol. The Kier molecular flexibility index (Phi) is 4.06. The van der Waals surface area contributed by atoms with E-state index in [0.29, 0.717) is 6.04 Å². The molecular weight excluding hydrogens is 290 g/mol. The SMILES string of the molecule is c1ccc(C2=NOC(CN3CCC(n4cnnc4)CC3)C2)cc1. The second kappa shape index (κ2) is 6.50. The number of aromatic nitrogens is 3. The van der Waals surface area contributed by atoms with E-state index in [2.05, 4.69) is 37.0 Å². The zero-order valence-electron chi connectivity index (χ0n) is 13.1. The van der Waals surface area contributed by atoms with Gasteiger partial charge in [0.2, 0.25) is 0 Å². The lowest BCUT2D eigenvalue weighted by Gasteiger charge is -2.33. The van der Waals surface area contributed by atoms with E-state index in [1.165, 1.54) is 5.56 Å². The molecule has 2 aliphatic heterocycles. The quantitative estimate of drug-likeness (QED) is 0.868. The Morgan fingerprint density at radius 1 is 1.04 bits per heavy atom. The molecule has 0 bridgehead atoms. The van der Waals surface area contributed by atoms with Crippen molar-refractivity contribution in [1.82, 2.24) is 19.7 Å². The first-order chi connectivity index (χ1) is 11.4. The summed E-state index contributed by atoms with van der Waals surface area (Å²) in [5.74, 6) is 0. The summed E-state index contributed by atoms with van der Waals surface area (Å²) in [5, 5.41) is 12.1. The third-order valence-corrected chi connectivity index (χ3v) is 4.72. The maximum atomic E-state index is 5.64. The number of rotatable bonds is 4. The molecule has 0 aliphatic carbocycles. The second-order valence-electron chi connectivity index (χ2n) is 6.28. The van der Waals surface area contributed by atoms with Crippen molar-refractivity contribution in [2.45, 2.75) is 31.4 Å². The highest BCUT2D eigenvalue weighted by Gasteiger charge is 2.27. The van der Waals surface area contributed by atoms with Crippen LogP contribution in [0, 0.1) is 0 Å². The van der Waals surface area contributed by atoms with Crippen molar-refractivity contribution in [3.8, 4) is 0 Å². The second-order valence-corrected chi connectivity index (χ2v) is 6.28. The average Bonchev–Trinajstić information content (AvgIpc) is 3.28. The average molecular weight is 311 g/mol.